The van der Waals surface area contributed by atoms with Crippen molar-refractivity contribution in [2.75, 3.05) is 24.2 Å². The van der Waals surface area contributed by atoms with Gasteiger partial charge >= 0.3 is 0 Å². The average Bonchev–Trinajstić information content (AvgIpc) is 2.62. The van der Waals surface area contributed by atoms with Crippen LogP contribution in [0, 0.1) is 5.92 Å². The molecule has 1 aromatic heterocycles. The number of nitrogens with zero attached hydrogens (tertiary/aromatic N) is 2. The first kappa shape index (κ1) is 19.4. The molecule has 1 aliphatic heterocycles. The summed E-state index contributed by atoms with van der Waals surface area (Å²) in [7, 11) is -3.57. The van der Waals surface area contributed by atoms with Crippen LogP contribution in [-0.4, -0.2) is 32.7 Å². The number of rotatable bonds is 5. The van der Waals surface area contributed by atoms with E-state index >= 15 is 0 Å². The van der Waals surface area contributed by atoms with Crippen LogP contribution < -0.4 is 4.90 Å². The fourth-order valence-electron chi connectivity index (χ4n) is 3.28. The summed E-state index contributed by atoms with van der Waals surface area (Å²) in [5, 5.41) is 1.06. The summed E-state index contributed by atoms with van der Waals surface area (Å²) in [5.74, 6) is 0.0907. The Bertz CT molecular complexity index is 854. The first-order valence-corrected chi connectivity index (χ1v) is 10.9. The summed E-state index contributed by atoms with van der Waals surface area (Å²) >= 11 is 12.1. The van der Waals surface area contributed by atoms with E-state index in [1.165, 1.54) is 0 Å². The monoisotopic (exact) mass is 414 g/mol. The Labute approximate surface area is 164 Å². The van der Waals surface area contributed by atoms with Crippen molar-refractivity contribution in [2.45, 2.75) is 18.9 Å². The number of hydrogen-bond acceptors (Lipinski definition) is 5. The molecule has 3 rings (SSSR count). The first-order valence-electron chi connectivity index (χ1n) is 8.31. The van der Waals surface area contributed by atoms with E-state index in [4.69, 9.17) is 27.4 Å². The molecule has 0 bridgehead atoms. The highest BCUT2D eigenvalue weighted by atomic mass is 35.5. The minimum atomic E-state index is -3.57. The molecule has 1 fully saturated rings. The standard InChI is InChI=1S/C18H20Cl2N2O3S/c1-26(23,24)25-18(14-3-2-8-21-12-14)13-6-9-22(10-7-13)15-4-5-16(19)17(20)11-15/h2-5,8,11-13,18H,6-7,9-10H2,1H3/t18-/m0/s1. The van der Waals surface area contributed by atoms with Crippen molar-refractivity contribution in [3.8, 4) is 0 Å². The number of piperidine rings is 1. The number of benzene rings is 1. The van der Waals surface area contributed by atoms with Crippen molar-refractivity contribution < 1.29 is 12.6 Å². The Balaban J connectivity index is 1.74. The van der Waals surface area contributed by atoms with Gasteiger partial charge in [0.15, 0.2) is 0 Å². The number of halogens is 2. The van der Waals surface area contributed by atoms with Crippen molar-refractivity contribution in [3.63, 3.8) is 0 Å². The van der Waals surface area contributed by atoms with Crippen molar-refractivity contribution in [2.24, 2.45) is 5.92 Å². The molecule has 1 aliphatic rings. The largest absolute Gasteiger partial charge is 0.371 e. The van der Waals surface area contributed by atoms with Gasteiger partial charge < -0.3 is 4.90 Å². The topological polar surface area (TPSA) is 59.5 Å². The van der Waals surface area contributed by atoms with Crippen molar-refractivity contribution in [1.82, 2.24) is 4.98 Å². The second-order valence-electron chi connectivity index (χ2n) is 6.43. The molecule has 2 heterocycles. The van der Waals surface area contributed by atoms with E-state index in [1.54, 1.807) is 24.5 Å². The van der Waals surface area contributed by atoms with Crippen LogP contribution in [-0.2, 0) is 14.3 Å². The van der Waals surface area contributed by atoms with Gasteiger partial charge in [0, 0.05) is 36.7 Å². The predicted molar refractivity (Wildman–Crippen MR) is 104 cm³/mol. The Hall–Kier alpha value is -1.34. The zero-order valence-electron chi connectivity index (χ0n) is 14.3. The van der Waals surface area contributed by atoms with E-state index in [0.717, 1.165) is 43.4 Å². The van der Waals surface area contributed by atoms with Gasteiger partial charge in [0.2, 0.25) is 0 Å². The van der Waals surface area contributed by atoms with Gasteiger partial charge in [-0.3, -0.25) is 9.17 Å². The summed E-state index contributed by atoms with van der Waals surface area (Å²) in [6, 6.07) is 9.24. The van der Waals surface area contributed by atoms with Crippen molar-refractivity contribution in [3.05, 3.63) is 58.3 Å². The second-order valence-corrected chi connectivity index (χ2v) is 8.85. The number of aromatic nitrogens is 1. The van der Waals surface area contributed by atoms with Crippen LogP contribution in [0.15, 0.2) is 42.7 Å². The van der Waals surface area contributed by atoms with Crippen LogP contribution in [0.1, 0.15) is 24.5 Å². The molecule has 0 N–H and O–H groups in total. The Kier molecular flexibility index (Phi) is 6.07. The normalized spacial score (nSPS) is 17.3. The van der Waals surface area contributed by atoms with Gasteiger partial charge in [-0.15, -0.1) is 0 Å². The predicted octanol–water partition coefficient (Wildman–Crippen LogP) is 4.32. The molecule has 0 saturated carbocycles. The molecule has 1 saturated heterocycles. The lowest BCUT2D eigenvalue weighted by molar-refractivity contribution is 0.125. The van der Waals surface area contributed by atoms with E-state index in [9.17, 15) is 8.42 Å². The van der Waals surface area contributed by atoms with Crippen LogP contribution in [0.2, 0.25) is 10.0 Å². The minimum absolute atomic E-state index is 0.0907. The summed E-state index contributed by atoms with van der Waals surface area (Å²) in [4.78, 5) is 6.32. The highest BCUT2D eigenvalue weighted by molar-refractivity contribution is 7.86. The lowest BCUT2D eigenvalue weighted by atomic mass is 9.88. The van der Waals surface area contributed by atoms with Crippen LogP contribution in [0.4, 0.5) is 5.69 Å². The highest BCUT2D eigenvalue weighted by Gasteiger charge is 2.31. The zero-order chi connectivity index (χ0) is 18.7. The van der Waals surface area contributed by atoms with Crippen LogP contribution in [0.25, 0.3) is 0 Å². The van der Waals surface area contributed by atoms with Gasteiger partial charge in [-0.2, -0.15) is 8.42 Å². The lowest BCUT2D eigenvalue weighted by Crippen LogP contribution is -2.36. The van der Waals surface area contributed by atoms with Crippen LogP contribution >= 0.6 is 23.2 Å². The van der Waals surface area contributed by atoms with Gasteiger partial charge in [0.05, 0.1) is 16.3 Å². The molecular weight excluding hydrogens is 395 g/mol. The van der Waals surface area contributed by atoms with Crippen LogP contribution in [0.3, 0.4) is 0 Å². The molecule has 26 heavy (non-hydrogen) atoms. The fraction of sp³-hybridized carbons (Fsp3) is 0.389. The van der Waals surface area contributed by atoms with E-state index < -0.39 is 16.2 Å². The third-order valence-corrected chi connectivity index (χ3v) is 5.82. The van der Waals surface area contributed by atoms with Gasteiger partial charge in [0.25, 0.3) is 10.1 Å². The number of hydrogen-bond donors (Lipinski definition) is 0. The summed E-state index contributed by atoms with van der Waals surface area (Å²) in [6.07, 6.45) is 5.50. The number of anilines is 1. The summed E-state index contributed by atoms with van der Waals surface area (Å²) in [5.41, 5.74) is 1.80. The maximum atomic E-state index is 11.7. The molecule has 0 radical (unpaired) electrons. The first-order chi connectivity index (χ1) is 12.3. The van der Waals surface area contributed by atoms with Gasteiger partial charge in [0.1, 0.15) is 6.10 Å². The van der Waals surface area contributed by atoms with Crippen molar-refractivity contribution >= 4 is 39.0 Å². The number of pyridine rings is 1. The SMILES string of the molecule is CS(=O)(=O)O[C@H](c1cccnc1)C1CCN(c2ccc(Cl)c(Cl)c2)CC1. The summed E-state index contributed by atoms with van der Waals surface area (Å²) < 4.78 is 28.9. The van der Waals surface area contributed by atoms with E-state index in [1.807, 2.05) is 18.2 Å². The quantitative estimate of drug-likeness (QED) is 0.681. The second kappa shape index (κ2) is 8.13. The smallest absolute Gasteiger partial charge is 0.264 e. The molecule has 0 spiro atoms. The average molecular weight is 415 g/mol. The van der Waals surface area contributed by atoms with Crippen molar-refractivity contribution in [1.29, 1.82) is 0 Å². The molecule has 5 nitrogen and oxygen atoms in total. The Morgan fingerprint density at radius 2 is 1.92 bits per heavy atom. The molecule has 1 atom stereocenters. The highest BCUT2D eigenvalue weighted by Crippen LogP contribution is 2.36. The summed E-state index contributed by atoms with van der Waals surface area (Å²) in [6.45, 7) is 1.57. The van der Waals surface area contributed by atoms with Gasteiger partial charge in [-0.05, 0) is 43.0 Å². The molecule has 0 amide bonds. The van der Waals surface area contributed by atoms with Crippen LogP contribution in [0.5, 0.6) is 0 Å². The fourth-order valence-corrected chi connectivity index (χ4v) is 4.22. The third kappa shape index (κ3) is 4.88. The minimum Gasteiger partial charge on any atom is -0.371 e. The maximum Gasteiger partial charge on any atom is 0.264 e. The molecule has 0 unspecified atom stereocenters. The third-order valence-electron chi connectivity index (χ3n) is 4.53. The van der Waals surface area contributed by atoms with E-state index in [0.29, 0.717) is 10.0 Å². The molecule has 140 valence electrons. The Morgan fingerprint density at radius 1 is 1.19 bits per heavy atom. The molecule has 2 aromatic rings. The van der Waals surface area contributed by atoms with Gasteiger partial charge in [-0.25, -0.2) is 0 Å². The Morgan fingerprint density at radius 3 is 2.50 bits per heavy atom. The van der Waals surface area contributed by atoms with Gasteiger partial charge in [-0.1, -0.05) is 29.3 Å². The molecule has 8 heteroatoms. The molecule has 1 aromatic carbocycles. The zero-order valence-corrected chi connectivity index (χ0v) is 16.6. The molecular formula is C18H20Cl2N2O3S. The maximum absolute atomic E-state index is 11.7. The molecule has 0 aliphatic carbocycles. The lowest BCUT2D eigenvalue weighted by Gasteiger charge is -2.36. The van der Waals surface area contributed by atoms with E-state index in [-0.39, 0.29) is 5.92 Å². The van der Waals surface area contributed by atoms with E-state index in [2.05, 4.69) is 9.88 Å².